The van der Waals surface area contributed by atoms with Gasteiger partial charge in [0.1, 0.15) is 5.82 Å². The third-order valence-electron chi connectivity index (χ3n) is 2.54. The van der Waals surface area contributed by atoms with E-state index in [0.29, 0.717) is 11.6 Å². The van der Waals surface area contributed by atoms with E-state index >= 15 is 0 Å². The number of anilines is 1. The maximum Gasteiger partial charge on any atom is 0.197 e. The van der Waals surface area contributed by atoms with Crippen LogP contribution in [0.3, 0.4) is 0 Å². The van der Waals surface area contributed by atoms with E-state index in [2.05, 4.69) is 51.7 Å². The molecule has 5 heteroatoms. The van der Waals surface area contributed by atoms with Crippen LogP contribution in [0.5, 0.6) is 0 Å². The molecule has 0 aliphatic carbocycles. The summed E-state index contributed by atoms with van der Waals surface area (Å²) in [4.78, 5) is 9.09. The van der Waals surface area contributed by atoms with E-state index in [0.717, 1.165) is 34.5 Å². The number of nitrogens with one attached hydrogen (secondary N) is 1. The number of furan rings is 1. The first kappa shape index (κ1) is 13.3. The SMILES string of the molecule is CCCNc1nc(-c2ccco2)nc(CC)c1I. The predicted molar refractivity (Wildman–Crippen MR) is 80.6 cm³/mol. The second kappa shape index (κ2) is 6.17. The van der Waals surface area contributed by atoms with Gasteiger partial charge in [0.15, 0.2) is 11.6 Å². The van der Waals surface area contributed by atoms with Crippen molar-refractivity contribution in [2.24, 2.45) is 0 Å². The maximum absolute atomic E-state index is 5.36. The standard InChI is InChI=1S/C13H16IN3O/c1-3-7-15-13-11(14)9(4-2)16-12(17-13)10-6-5-8-18-10/h5-6,8H,3-4,7H2,1-2H3,(H,15,16,17). The van der Waals surface area contributed by atoms with E-state index < -0.39 is 0 Å². The molecule has 0 unspecified atom stereocenters. The Kier molecular flexibility index (Phi) is 4.57. The van der Waals surface area contributed by atoms with Crippen molar-refractivity contribution in [2.45, 2.75) is 26.7 Å². The molecule has 0 radical (unpaired) electrons. The van der Waals surface area contributed by atoms with Crippen LogP contribution in [0.1, 0.15) is 26.0 Å². The molecule has 96 valence electrons. The van der Waals surface area contributed by atoms with Crippen LogP contribution in [0.15, 0.2) is 22.8 Å². The Morgan fingerprint density at radius 2 is 2.17 bits per heavy atom. The zero-order valence-corrected chi connectivity index (χ0v) is 12.7. The summed E-state index contributed by atoms with van der Waals surface area (Å²) in [6.07, 6.45) is 3.59. The number of aryl methyl sites for hydroxylation is 1. The summed E-state index contributed by atoms with van der Waals surface area (Å²) in [5, 5.41) is 3.34. The zero-order chi connectivity index (χ0) is 13.0. The lowest BCUT2D eigenvalue weighted by Crippen LogP contribution is -2.08. The summed E-state index contributed by atoms with van der Waals surface area (Å²) in [5.41, 5.74) is 1.05. The van der Waals surface area contributed by atoms with Gasteiger partial charge in [-0.15, -0.1) is 0 Å². The Hall–Kier alpha value is -1.11. The Morgan fingerprint density at radius 1 is 1.33 bits per heavy atom. The van der Waals surface area contributed by atoms with E-state index in [9.17, 15) is 0 Å². The van der Waals surface area contributed by atoms with Crippen molar-refractivity contribution in [2.75, 3.05) is 11.9 Å². The Bertz CT molecular complexity index is 511. The average Bonchev–Trinajstić information content (AvgIpc) is 2.91. The third kappa shape index (κ3) is 2.82. The summed E-state index contributed by atoms with van der Waals surface area (Å²) in [5.74, 6) is 2.26. The van der Waals surface area contributed by atoms with Crippen LogP contribution < -0.4 is 5.32 Å². The van der Waals surface area contributed by atoms with Gasteiger partial charge in [0, 0.05) is 6.54 Å². The van der Waals surface area contributed by atoms with Crippen LogP contribution >= 0.6 is 22.6 Å². The van der Waals surface area contributed by atoms with Gasteiger partial charge in [-0.1, -0.05) is 13.8 Å². The molecule has 2 rings (SSSR count). The summed E-state index contributed by atoms with van der Waals surface area (Å²) in [7, 11) is 0. The molecule has 0 atom stereocenters. The highest BCUT2D eigenvalue weighted by atomic mass is 127. The number of rotatable bonds is 5. The van der Waals surface area contributed by atoms with E-state index in [1.165, 1.54) is 0 Å². The number of aromatic nitrogens is 2. The summed E-state index contributed by atoms with van der Waals surface area (Å²) in [6.45, 7) is 5.14. The number of halogens is 1. The van der Waals surface area contributed by atoms with E-state index in [-0.39, 0.29) is 0 Å². The van der Waals surface area contributed by atoms with E-state index in [1.54, 1.807) is 6.26 Å². The first-order chi connectivity index (χ1) is 8.76. The lowest BCUT2D eigenvalue weighted by molar-refractivity contribution is 0.576. The minimum absolute atomic E-state index is 0.649. The van der Waals surface area contributed by atoms with Crippen molar-refractivity contribution in [3.05, 3.63) is 27.7 Å². The van der Waals surface area contributed by atoms with Crippen LogP contribution in [0, 0.1) is 3.57 Å². The van der Waals surface area contributed by atoms with Gasteiger partial charge < -0.3 is 9.73 Å². The highest BCUT2D eigenvalue weighted by Gasteiger charge is 2.13. The Balaban J connectivity index is 2.42. The molecule has 2 heterocycles. The van der Waals surface area contributed by atoms with Gasteiger partial charge in [-0.25, -0.2) is 9.97 Å². The molecular formula is C13H16IN3O. The van der Waals surface area contributed by atoms with Crippen LogP contribution in [0.2, 0.25) is 0 Å². The van der Waals surface area contributed by atoms with Gasteiger partial charge in [-0.05, 0) is 47.6 Å². The monoisotopic (exact) mass is 357 g/mol. The molecule has 4 nitrogen and oxygen atoms in total. The van der Waals surface area contributed by atoms with Crippen LogP contribution in [0.25, 0.3) is 11.6 Å². The number of hydrogen-bond acceptors (Lipinski definition) is 4. The molecule has 0 spiro atoms. The highest BCUT2D eigenvalue weighted by Crippen LogP contribution is 2.24. The van der Waals surface area contributed by atoms with Crippen LogP contribution in [0.4, 0.5) is 5.82 Å². The summed E-state index contributed by atoms with van der Waals surface area (Å²) in [6, 6.07) is 3.73. The normalized spacial score (nSPS) is 10.6. The minimum atomic E-state index is 0.649. The van der Waals surface area contributed by atoms with Gasteiger partial charge in [-0.3, -0.25) is 0 Å². The third-order valence-corrected chi connectivity index (χ3v) is 3.67. The first-order valence-electron chi connectivity index (χ1n) is 6.10. The van der Waals surface area contributed by atoms with E-state index in [4.69, 9.17) is 4.42 Å². The van der Waals surface area contributed by atoms with Gasteiger partial charge in [0.2, 0.25) is 0 Å². The van der Waals surface area contributed by atoms with Gasteiger partial charge in [0.05, 0.1) is 15.5 Å². The van der Waals surface area contributed by atoms with E-state index in [1.807, 2.05) is 12.1 Å². The van der Waals surface area contributed by atoms with Gasteiger partial charge in [0.25, 0.3) is 0 Å². The largest absolute Gasteiger partial charge is 0.461 e. The number of hydrogen-bond donors (Lipinski definition) is 1. The first-order valence-corrected chi connectivity index (χ1v) is 7.18. The smallest absolute Gasteiger partial charge is 0.197 e. The second-order valence-corrected chi connectivity index (χ2v) is 4.99. The minimum Gasteiger partial charge on any atom is -0.461 e. The Labute approximate surface area is 120 Å². The lowest BCUT2D eigenvalue weighted by Gasteiger charge is -2.10. The Morgan fingerprint density at radius 3 is 2.78 bits per heavy atom. The van der Waals surface area contributed by atoms with Crippen molar-refractivity contribution in [1.82, 2.24) is 9.97 Å². The molecule has 0 bridgehead atoms. The van der Waals surface area contributed by atoms with Crippen molar-refractivity contribution >= 4 is 28.4 Å². The average molecular weight is 357 g/mol. The molecule has 0 saturated heterocycles. The van der Waals surface area contributed by atoms with Gasteiger partial charge >= 0.3 is 0 Å². The fraction of sp³-hybridized carbons (Fsp3) is 0.385. The quantitative estimate of drug-likeness (QED) is 0.829. The highest BCUT2D eigenvalue weighted by molar-refractivity contribution is 14.1. The number of nitrogens with zero attached hydrogens (tertiary/aromatic N) is 2. The molecule has 0 aliphatic rings. The van der Waals surface area contributed by atoms with Crippen molar-refractivity contribution < 1.29 is 4.42 Å². The van der Waals surface area contributed by atoms with Crippen molar-refractivity contribution in [3.63, 3.8) is 0 Å². The van der Waals surface area contributed by atoms with Crippen molar-refractivity contribution in [1.29, 1.82) is 0 Å². The molecule has 2 aromatic rings. The molecular weight excluding hydrogens is 341 g/mol. The topological polar surface area (TPSA) is 51.0 Å². The van der Waals surface area contributed by atoms with Gasteiger partial charge in [-0.2, -0.15) is 0 Å². The fourth-order valence-corrected chi connectivity index (χ4v) is 2.42. The molecule has 0 aliphatic heterocycles. The van der Waals surface area contributed by atoms with Crippen LogP contribution in [-0.4, -0.2) is 16.5 Å². The maximum atomic E-state index is 5.36. The second-order valence-electron chi connectivity index (χ2n) is 3.91. The van der Waals surface area contributed by atoms with Crippen molar-refractivity contribution in [3.8, 4) is 11.6 Å². The fourth-order valence-electron chi connectivity index (χ4n) is 1.60. The molecule has 0 aromatic carbocycles. The molecule has 1 N–H and O–H groups in total. The zero-order valence-electron chi connectivity index (χ0n) is 10.5. The lowest BCUT2D eigenvalue weighted by atomic mass is 10.3. The molecule has 2 aromatic heterocycles. The molecule has 0 fully saturated rings. The molecule has 18 heavy (non-hydrogen) atoms. The van der Waals surface area contributed by atoms with Crippen LogP contribution in [-0.2, 0) is 6.42 Å². The summed E-state index contributed by atoms with van der Waals surface area (Å²) >= 11 is 2.30. The summed E-state index contributed by atoms with van der Waals surface area (Å²) < 4.78 is 6.46. The predicted octanol–water partition coefficient (Wildman–Crippen LogP) is 3.73. The molecule has 0 amide bonds. The molecule has 0 saturated carbocycles.